The third kappa shape index (κ3) is 6.29. The van der Waals surface area contributed by atoms with Gasteiger partial charge in [-0.15, -0.1) is 12.4 Å². The van der Waals surface area contributed by atoms with Crippen LogP contribution in [0.15, 0.2) is 83.5 Å². The van der Waals surface area contributed by atoms with Gasteiger partial charge in [-0.3, -0.25) is 30.6 Å². The molecule has 0 saturated heterocycles. The van der Waals surface area contributed by atoms with Gasteiger partial charge in [0.1, 0.15) is 0 Å². The predicted molar refractivity (Wildman–Crippen MR) is 144 cm³/mol. The number of aryl methyl sites for hydroxylation is 1. The summed E-state index contributed by atoms with van der Waals surface area (Å²) >= 11 is 0. The van der Waals surface area contributed by atoms with Gasteiger partial charge in [-0.25, -0.2) is 0 Å². The molecular weight excluding hydrogens is 512 g/mol. The van der Waals surface area contributed by atoms with Gasteiger partial charge in [0.15, 0.2) is 5.75 Å². The average molecular weight is 537 g/mol. The number of carbonyl (C=O) groups excluding carboxylic acids is 2. The lowest BCUT2D eigenvalue weighted by Gasteiger charge is -2.16. The van der Waals surface area contributed by atoms with Crippen molar-refractivity contribution >= 4 is 35.6 Å². The molecule has 0 spiro atoms. The second-order valence-corrected chi connectivity index (χ2v) is 8.39. The first-order chi connectivity index (χ1) is 17.7. The van der Waals surface area contributed by atoms with Crippen LogP contribution in [0.2, 0.25) is 0 Å². The van der Waals surface area contributed by atoms with E-state index in [0.29, 0.717) is 5.56 Å². The molecule has 1 heterocycles. The van der Waals surface area contributed by atoms with Crippen LogP contribution in [0.3, 0.4) is 0 Å². The molecule has 1 aromatic heterocycles. The summed E-state index contributed by atoms with van der Waals surface area (Å²) in [5, 5.41) is 23.9. The molecule has 38 heavy (non-hydrogen) atoms. The molecule has 0 aliphatic carbocycles. The Labute approximate surface area is 224 Å². The highest BCUT2D eigenvalue weighted by Gasteiger charge is 2.20. The van der Waals surface area contributed by atoms with Crippen LogP contribution in [-0.2, 0) is 0 Å². The standard InChI is InChI=1S/C27H24N4O6.ClH/c1-16-3-5-18(6-4-16)17(2)28-21-10-7-19(8-11-21)22-13-14-37-25(22)27(34)30-29-26(33)20-9-12-24(32)23(15-20)31(35)36;/h3-15,17,28,32H,1-2H3,(H,29,33)(H,30,34);1H. The fraction of sp³-hybridized carbons (Fsp3) is 0.111. The van der Waals surface area contributed by atoms with Crippen molar-refractivity contribution in [1.29, 1.82) is 0 Å². The van der Waals surface area contributed by atoms with Crippen LogP contribution in [0.25, 0.3) is 11.1 Å². The number of halogens is 1. The van der Waals surface area contributed by atoms with Crippen molar-refractivity contribution in [2.24, 2.45) is 0 Å². The van der Waals surface area contributed by atoms with Crippen LogP contribution >= 0.6 is 12.4 Å². The van der Waals surface area contributed by atoms with Gasteiger partial charge in [-0.05, 0) is 55.3 Å². The van der Waals surface area contributed by atoms with Crippen LogP contribution in [-0.4, -0.2) is 21.8 Å². The molecule has 1 atom stereocenters. The third-order valence-corrected chi connectivity index (χ3v) is 5.75. The molecule has 0 aliphatic rings. The zero-order chi connectivity index (χ0) is 26.5. The number of amides is 2. The number of rotatable bonds is 7. The number of furan rings is 1. The highest BCUT2D eigenvalue weighted by Crippen LogP contribution is 2.28. The first-order valence-electron chi connectivity index (χ1n) is 11.3. The van der Waals surface area contributed by atoms with E-state index in [9.17, 15) is 24.8 Å². The number of aromatic hydroxyl groups is 1. The average Bonchev–Trinajstić information content (AvgIpc) is 3.38. The van der Waals surface area contributed by atoms with E-state index in [-0.39, 0.29) is 29.8 Å². The van der Waals surface area contributed by atoms with Gasteiger partial charge in [0.05, 0.1) is 11.2 Å². The molecule has 10 nitrogen and oxygen atoms in total. The van der Waals surface area contributed by atoms with E-state index in [0.717, 1.165) is 28.9 Å². The predicted octanol–water partition coefficient (Wildman–Crippen LogP) is 5.54. The highest BCUT2D eigenvalue weighted by molar-refractivity contribution is 6.01. The summed E-state index contributed by atoms with van der Waals surface area (Å²) in [5.74, 6) is -2.11. The monoisotopic (exact) mass is 536 g/mol. The van der Waals surface area contributed by atoms with E-state index in [1.54, 1.807) is 6.07 Å². The van der Waals surface area contributed by atoms with Crippen LogP contribution < -0.4 is 16.2 Å². The number of hydrazine groups is 1. The van der Waals surface area contributed by atoms with Crippen molar-refractivity contribution in [1.82, 2.24) is 10.9 Å². The molecule has 0 radical (unpaired) electrons. The van der Waals surface area contributed by atoms with Crippen molar-refractivity contribution in [3.05, 3.63) is 112 Å². The Morgan fingerprint density at radius 3 is 2.26 bits per heavy atom. The molecule has 0 saturated carbocycles. The largest absolute Gasteiger partial charge is 0.502 e. The Hall–Kier alpha value is -4.83. The Balaban J connectivity index is 0.00000400. The van der Waals surface area contributed by atoms with Gasteiger partial charge in [-0.2, -0.15) is 0 Å². The van der Waals surface area contributed by atoms with Crippen molar-refractivity contribution in [3.8, 4) is 16.9 Å². The third-order valence-electron chi connectivity index (χ3n) is 5.75. The molecule has 4 N–H and O–H groups in total. The molecule has 0 aliphatic heterocycles. The zero-order valence-electron chi connectivity index (χ0n) is 20.4. The molecule has 11 heteroatoms. The summed E-state index contributed by atoms with van der Waals surface area (Å²) in [4.78, 5) is 35.2. The van der Waals surface area contributed by atoms with Gasteiger partial charge >= 0.3 is 11.6 Å². The Kier molecular flexibility index (Phi) is 8.72. The molecule has 1 unspecified atom stereocenters. The van der Waals surface area contributed by atoms with Crippen molar-refractivity contribution in [3.63, 3.8) is 0 Å². The normalized spacial score (nSPS) is 11.1. The minimum absolute atomic E-state index is 0. The topological polar surface area (TPSA) is 147 Å². The molecule has 4 aromatic rings. The van der Waals surface area contributed by atoms with Crippen molar-refractivity contribution in [2.75, 3.05) is 5.32 Å². The highest BCUT2D eigenvalue weighted by atomic mass is 35.5. The minimum atomic E-state index is -0.816. The van der Waals surface area contributed by atoms with Crippen molar-refractivity contribution < 1.29 is 24.0 Å². The van der Waals surface area contributed by atoms with E-state index in [4.69, 9.17) is 4.42 Å². The molecular formula is C27H25ClN4O6. The summed E-state index contributed by atoms with van der Waals surface area (Å²) in [6.45, 7) is 4.12. The number of hydrogen-bond acceptors (Lipinski definition) is 7. The Bertz CT molecular complexity index is 1450. The number of nitro benzene ring substituents is 1. The second-order valence-electron chi connectivity index (χ2n) is 8.39. The summed E-state index contributed by atoms with van der Waals surface area (Å²) in [6.07, 6.45) is 1.36. The number of nitro groups is 1. The van der Waals surface area contributed by atoms with E-state index >= 15 is 0 Å². The number of anilines is 1. The summed E-state index contributed by atoms with van der Waals surface area (Å²) in [5.41, 5.74) is 8.19. The first kappa shape index (κ1) is 27.8. The molecule has 196 valence electrons. The Morgan fingerprint density at radius 2 is 1.61 bits per heavy atom. The number of carbonyl (C=O) groups is 2. The lowest BCUT2D eigenvalue weighted by atomic mass is 10.0. The Morgan fingerprint density at radius 1 is 0.947 bits per heavy atom. The molecule has 2 amide bonds. The van der Waals surface area contributed by atoms with Crippen LogP contribution in [0.1, 0.15) is 45.0 Å². The molecule has 4 rings (SSSR count). The fourth-order valence-corrected chi connectivity index (χ4v) is 3.70. The quantitative estimate of drug-likeness (QED) is 0.179. The number of phenolic OH excluding ortho intramolecular Hbond substituents is 1. The first-order valence-corrected chi connectivity index (χ1v) is 11.3. The van der Waals surface area contributed by atoms with E-state index < -0.39 is 28.2 Å². The van der Waals surface area contributed by atoms with Crippen LogP contribution in [0.5, 0.6) is 5.75 Å². The van der Waals surface area contributed by atoms with E-state index in [2.05, 4.69) is 47.4 Å². The summed E-state index contributed by atoms with van der Waals surface area (Å²) in [7, 11) is 0. The van der Waals surface area contributed by atoms with E-state index in [1.807, 2.05) is 31.2 Å². The smallest absolute Gasteiger partial charge is 0.311 e. The van der Waals surface area contributed by atoms with Gasteiger partial charge in [0.25, 0.3) is 5.91 Å². The lowest BCUT2D eigenvalue weighted by Crippen LogP contribution is -2.41. The molecule has 0 fully saturated rings. The fourth-order valence-electron chi connectivity index (χ4n) is 3.70. The summed E-state index contributed by atoms with van der Waals surface area (Å²) < 4.78 is 5.35. The summed E-state index contributed by atoms with van der Waals surface area (Å²) in [6, 6.07) is 20.7. The van der Waals surface area contributed by atoms with Crippen LogP contribution in [0.4, 0.5) is 11.4 Å². The maximum Gasteiger partial charge on any atom is 0.311 e. The zero-order valence-corrected chi connectivity index (χ0v) is 21.2. The maximum atomic E-state index is 12.7. The van der Waals surface area contributed by atoms with E-state index in [1.165, 1.54) is 17.9 Å². The number of nitrogens with zero attached hydrogens (tertiary/aromatic N) is 1. The minimum Gasteiger partial charge on any atom is -0.502 e. The second kappa shape index (κ2) is 11.9. The van der Waals surface area contributed by atoms with Crippen LogP contribution in [0, 0.1) is 17.0 Å². The van der Waals surface area contributed by atoms with Gasteiger partial charge in [0.2, 0.25) is 5.76 Å². The van der Waals surface area contributed by atoms with Gasteiger partial charge in [0, 0.05) is 28.9 Å². The number of hydrogen-bond donors (Lipinski definition) is 4. The number of phenols is 1. The SMILES string of the molecule is Cc1ccc(C(C)Nc2ccc(-c3ccoc3C(=O)NNC(=O)c3ccc(O)c([N+](=O)[O-])c3)cc2)cc1.Cl. The number of benzene rings is 3. The lowest BCUT2D eigenvalue weighted by molar-refractivity contribution is -0.385. The number of nitrogens with one attached hydrogen (secondary N) is 3. The van der Waals surface area contributed by atoms with Gasteiger partial charge < -0.3 is 14.8 Å². The maximum absolute atomic E-state index is 12.7. The van der Waals surface area contributed by atoms with Crippen molar-refractivity contribution in [2.45, 2.75) is 19.9 Å². The molecule has 3 aromatic carbocycles. The molecule has 0 bridgehead atoms. The van der Waals surface area contributed by atoms with Gasteiger partial charge in [-0.1, -0.05) is 42.0 Å².